The number of halogens is 2. The van der Waals surface area contributed by atoms with E-state index >= 15 is 0 Å². The summed E-state index contributed by atoms with van der Waals surface area (Å²) >= 11 is 0. The molecule has 0 aliphatic rings. The molecular weight excluding hydrogens is 150 g/mol. The van der Waals surface area contributed by atoms with Gasteiger partial charge in [-0.25, -0.2) is 8.78 Å². The Bertz CT molecular complexity index is 179. The topological polar surface area (TPSA) is 20.2 Å². The van der Waals surface area contributed by atoms with Crippen LogP contribution in [-0.4, -0.2) is 17.1 Å². The molecule has 0 amide bonds. The molecule has 0 saturated carbocycles. The van der Waals surface area contributed by atoms with E-state index in [-0.39, 0.29) is 0 Å². The number of hydrogen-bond donors (Lipinski definition) is 1. The molecule has 0 aromatic rings. The van der Waals surface area contributed by atoms with Crippen molar-refractivity contribution in [1.29, 1.82) is 0 Å². The highest BCUT2D eigenvalue weighted by Crippen LogP contribution is 2.22. The van der Waals surface area contributed by atoms with E-state index in [1.165, 1.54) is 12.2 Å². The molecule has 0 rings (SSSR count). The number of allylic oxidation sites excluding steroid dienone is 2. The summed E-state index contributed by atoms with van der Waals surface area (Å²) in [5.74, 6) is -1.62. The average molecular weight is 160 g/mol. The quantitative estimate of drug-likeness (QED) is 0.491. The lowest BCUT2D eigenvalue weighted by Gasteiger charge is -2.15. The number of hydrogen-bond acceptors (Lipinski definition) is 1. The van der Waals surface area contributed by atoms with Gasteiger partial charge in [-0.05, 0) is 6.92 Å². The lowest BCUT2D eigenvalue weighted by molar-refractivity contribution is -0.0789. The zero-order chi connectivity index (χ0) is 8.91. The molecule has 1 unspecified atom stereocenters. The monoisotopic (exact) mass is 160 g/mol. The van der Waals surface area contributed by atoms with Gasteiger partial charge in [0.2, 0.25) is 0 Å². The van der Waals surface area contributed by atoms with Gasteiger partial charge >= 0.3 is 0 Å². The predicted molar refractivity (Wildman–Crippen MR) is 39.2 cm³/mol. The van der Waals surface area contributed by atoms with Crippen molar-refractivity contribution >= 4 is 0 Å². The van der Waals surface area contributed by atoms with E-state index in [1.807, 2.05) is 0 Å². The Balaban J connectivity index is 4.11. The highest BCUT2D eigenvalue weighted by molar-refractivity contribution is 5.03. The highest BCUT2D eigenvalue weighted by atomic mass is 19.3. The molecule has 1 N–H and O–H groups in total. The molecule has 0 aromatic heterocycles. The molecule has 0 radical (unpaired) electrons. The van der Waals surface area contributed by atoms with Gasteiger partial charge in [-0.15, -0.1) is 6.42 Å². The van der Waals surface area contributed by atoms with Gasteiger partial charge in [0.25, 0.3) is 5.92 Å². The third-order valence-electron chi connectivity index (χ3n) is 1.18. The molecule has 0 heterocycles. The number of aliphatic hydroxyl groups excluding tert-OH is 1. The fourth-order valence-electron chi connectivity index (χ4n) is 0.509. The fraction of sp³-hybridized carbons (Fsp3) is 0.500. The Hall–Kier alpha value is -0.880. The smallest absolute Gasteiger partial charge is 0.287 e. The molecule has 3 heteroatoms. The van der Waals surface area contributed by atoms with E-state index in [2.05, 4.69) is 6.42 Å². The van der Waals surface area contributed by atoms with Gasteiger partial charge < -0.3 is 5.11 Å². The van der Waals surface area contributed by atoms with Crippen molar-refractivity contribution in [3.05, 3.63) is 12.2 Å². The van der Waals surface area contributed by atoms with Crippen LogP contribution in [0.25, 0.3) is 0 Å². The van der Waals surface area contributed by atoms with Gasteiger partial charge in [0.05, 0.1) is 0 Å². The first-order valence-electron chi connectivity index (χ1n) is 3.17. The van der Waals surface area contributed by atoms with E-state index in [9.17, 15) is 8.78 Å². The molecule has 0 aliphatic heterocycles. The maximum atomic E-state index is 12.6. The summed E-state index contributed by atoms with van der Waals surface area (Å²) in [5.41, 5.74) is 0. The van der Waals surface area contributed by atoms with E-state index in [0.717, 1.165) is 0 Å². The predicted octanol–water partition coefficient (Wildman–Crippen LogP) is 1.58. The standard InChI is InChI=1S/C8H10F2O/c1-3-5-6-8(9,10)7(11)4-2/h2-3,5,7,11H,6H2,1H3/b5-3+. The van der Waals surface area contributed by atoms with Crippen LogP contribution in [-0.2, 0) is 0 Å². The Kier molecular flexibility index (Phi) is 3.77. The number of terminal acetylenes is 1. The maximum Gasteiger partial charge on any atom is 0.287 e. The Morgan fingerprint density at radius 2 is 2.27 bits per heavy atom. The molecule has 62 valence electrons. The van der Waals surface area contributed by atoms with Crippen molar-refractivity contribution in [2.45, 2.75) is 25.4 Å². The molecule has 0 aliphatic carbocycles. The lowest BCUT2D eigenvalue weighted by Crippen LogP contribution is -2.31. The van der Waals surface area contributed by atoms with Crippen molar-refractivity contribution in [3.8, 4) is 12.3 Å². The van der Waals surface area contributed by atoms with Crippen molar-refractivity contribution in [2.75, 3.05) is 0 Å². The molecule has 0 aromatic carbocycles. The molecule has 1 nitrogen and oxygen atoms in total. The average Bonchev–Trinajstić information content (AvgIpc) is 1.99. The molecule has 11 heavy (non-hydrogen) atoms. The van der Waals surface area contributed by atoms with Crippen LogP contribution in [0.5, 0.6) is 0 Å². The zero-order valence-corrected chi connectivity index (χ0v) is 6.22. The summed E-state index contributed by atoms with van der Waals surface area (Å²) in [6.45, 7) is 1.62. The summed E-state index contributed by atoms with van der Waals surface area (Å²) in [5, 5.41) is 8.59. The van der Waals surface area contributed by atoms with E-state index in [1.54, 1.807) is 12.8 Å². The first-order chi connectivity index (χ1) is 5.04. The van der Waals surface area contributed by atoms with Gasteiger partial charge in [0, 0.05) is 6.42 Å². The first-order valence-corrected chi connectivity index (χ1v) is 3.17. The minimum absolute atomic E-state index is 0.519. The van der Waals surface area contributed by atoms with Crippen molar-refractivity contribution in [2.24, 2.45) is 0 Å². The van der Waals surface area contributed by atoms with Gasteiger partial charge in [-0.2, -0.15) is 0 Å². The zero-order valence-electron chi connectivity index (χ0n) is 6.22. The SMILES string of the molecule is C#CC(O)C(F)(F)C/C=C/C. The van der Waals surface area contributed by atoms with Gasteiger partial charge in [-0.1, -0.05) is 18.1 Å². The minimum Gasteiger partial charge on any atom is -0.374 e. The van der Waals surface area contributed by atoms with Crippen LogP contribution in [0.3, 0.4) is 0 Å². The highest BCUT2D eigenvalue weighted by Gasteiger charge is 2.35. The van der Waals surface area contributed by atoms with E-state index < -0.39 is 18.4 Å². The van der Waals surface area contributed by atoms with Crippen LogP contribution >= 0.6 is 0 Å². The van der Waals surface area contributed by atoms with Crippen LogP contribution in [0, 0.1) is 12.3 Å². The normalized spacial score (nSPS) is 14.8. The van der Waals surface area contributed by atoms with Gasteiger partial charge in [0.15, 0.2) is 6.10 Å². The minimum atomic E-state index is -3.21. The summed E-state index contributed by atoms with van der Waals surface area (Å²) in [7, 11) is 0. The van der Waals surface area contributed by atoms with E-state index in [4.69, 9.17) is 5.11 Å². The van der Waals surface area contributed by atoms with Crippen LogP contribution in [0.2, 0.25) is 0 Å². The molecule has 1 atom stereocenters. The third-order valence-corrected chi connectivity index (χ3v) is 1.18. The van der Waals surface area contributed by atoms with Crippen molar-refractivity contribution in [1.82, 2.24) is 0 Å². The van der Waals surface area contributed by atoms with Crippen LogP contribution in [0.1, 0.15) is 13.3 Å². The molecule has 0 spiro atoms. The van der Waals surface area contributed by atoms with Crippen molar-refractivity contribution in [3.63, 3.8) is 0 Å². The van der Waals surface area contributed by atoms with Crippen LogP contribution < -0.4 is 0 Å². The number of alkyl halides is 2. The summed E-state index contributed by atoms with van der Waals surface area (Å²) < 4.78 is 25.1. The number of rotatable bonds is 3. The molecule has 0 fully saturated rings. The summed E-state index contributed by atoms with van der Waals surface area (Å²) in [6.07, 6.45) is 4.87. The second-order valence-electron chi connectivity index (χ2n) is 2.10. The van der Waals surface area contributed by atoms with Gasteiger partial charge in [0.1, 0.15) is 0 Å². The fourth-order valence-corrected chi connectivity index (χ4v) is 0.509. The molecular formula is C8H10F2O. The van der Waals surface area contributed by atoms with Crippen LogP contribution in [0.15, 0.2) is 12.2 Å². The lowest BCUT2D eigenvalue weighted by atomic mass is 10.1. The van der Waals surface area contributed by atoms with E-state index in [0.29, 0.717) is 0 Å². The Morgan fingerprint density at radius 3 is 2.64 bits per heavy atom. The Labute approximate surface area is 64.7 Å². The molecule has 0 saturated heterocycles. The molecule has 0 bridgehead atoms. The van der Waals surface area contributed by atoms with Gasteiger partial charge in [-0.3, -0.25) is 0 Å². The van der Waals surface area contributed by atoms with Crippen molar-refractivity contribution < 1.29 is 13.9 Å². The second kappa shape index (κ2) is 4.09. The van der Waals surface area contributed by atoms with Crippen LogP contribution in [0.4, 0.5) is 8.78 Å². The summed E-state index contributed by atoms with van der Waals surface area (Å²) in [6, 6.07) is 0. The Morgan fingerprint density at radius 1 is 1.73 bits per heavy atom. The second-order valence-corrected chi connectivity index (χ2v) is 2.10. The summed E-state index contributed by atoms with van der Waals surface area (Å²) in [4.78, 5) is 0. The third kappa shape index (κ3) is 3.15. The first kappa shape index (κ1) is 10.1. The largest absolute Gasteiger partial charge is 0.374 e. The number of aliphatic hydroxyl groups is 1. The maximum absolute atomic E-state index is 12.6.